The predicted molar refractivity (Wildman–Crippen MR) is 109 cm³/mol. The number of piperazine rings is 1. The monoisotopic (exact) mass is 413 g/mol. The fraction of sp³-hybridized carbons (Fsp3) is 0.333. The molecule has 1 saturated heterocycles. The largest absolute Gasteiger partial charge is 0.415 e. The van der Waals surface area contributed by atoms with Crippen molar-refractivity contribution in [1.82, 2.24) is 14.5 Å². The Balaban J connectivity index is 1.38. The number of nitrogens with zero attached hydrogens (tertiary/aromatic N) is 3. The van der Waals surface area contributed by atoms with Crippen molar-refractivity contribution in [3.05, 3.63) is 65.5 Å². The van der Waals surface area contributed by atoms with Crippen LogP contribution in [0.1, 0.15) is 17.0 Å². The van der Waals surface area contributed by atoms with Crippen molar-refractivity contribution in [2.24, 2.45) is 0 Å². The highest BCUT2D eigenvalue weighted by Gasteiger charge is 2.31. The Morgan fingerprint density at radius 1 is 1.00 bits per heavy atom. The highest BCUT2D eigenvalue weighted by Crippen LogP contribution is 2.19. The van der Waals surface area contributed by atoms with E-state index in [-0.39, 0.29) is 0 Å². The highest BCUT2D eigenvalue weighted by molar-refractivity contribution is 7.89. The van der Waals surface area contributed by atoms with Gasteiger partial charge in [0.2, 0.25) is 15.9 Å². The molecule has 152 valence electrons. The van der Waals surface area contributed by atoms with Crippen molar-refractivity contribution >= 4 is 10.0 Å². The van der Waals surface area contributed by atoms with E-state index in [1.807, 2.05) is 50.2 Å². The molecule has 0 aliphatic carbocycles. The fourth-order valence-electron chi connectivity index (χ4n) is 3.48. The molecule has 0 bridgehead atoms. The van der Waals surface area contributed by atoms with E-state index in [4.69, 9.17) is 4.42 Å². The number of sulfonamides is 1. The molecule has 7 nitrogen and oxygen atoms in total. The number of hydrogen-bond donors (Lipinski definition) is 1. The summed E-state index contributed by atoms with van der Waals surface area (Å²) in [5, 5.41) is 8.28. The molecule has 2 aromatic carbocycles. The quantitative estimate of drug-likeness (QED) is 0.685. The minimum Gasteiger partial charge on any atom is -0.415 e. The Hall–Kier alpha value is -2.55. The summed E-state index contributed by atoms with van der Waals surface area (Å²) in [7, 11) is -3.46. The van der Waals surface area contributed by atoms with Gasteiger partial charge in [-0.1, -0.05) is 24.3 Å². The molecule has 1 aromatic heterocycles. The second kappa shape index (κ2) is 8.06. The summed E-state index contributed by atoms with van der Waals surface area (Å²) in [5.41, 5.74) is 2.97. The molecule has 0 radical (unpaired) electrons. The van der Waals surface area contributed by atoms with E-state index in [1.165, 1.54) is 4.90 Å². The van der Waals surface area contributed by atoms with Crippen LogP contribution in [0.4, 0.5) is 0 Å². The first kappa shape index (κ1) is 19.8. The lowest BCUT2D eigenvalue weighted by atomic mass is 10.1. The van der Waals surface area contributed by atoms with Crippen molar-refractivity contribution in [2.45, 2.75) is 25.3 Å². The molecular formula is C21H25N4O3S+. The van der Waals surface area contributed by atoms with Crippen molar-refractivity contribution in [2.75, 3.05) is 26.2 Å². The number of rotatable bonds is 5. The summed E-state index contributed by atoms with van der Waals surface area (Å²) >= 11 is 0. The van der Waals surface area contributed by atoms with Crippen molar-refractivity contribution < 1.29 is 17.7 Å². The van der Waals surface area contributed by atoms with E-state index in [0.717, 1.165) is 16.7 Å². The lowest BCUT2D eigenvalue weighted by Gasteiger charge is -2.30. The molecule has 3 aromatic rings. The van der Waals surface area contributed by atoms with Crippen molar-refractivity contribution in [1.29, 1.82) is 0 Å². The van der Waals surface area contributed by atoms with E-state index in [2.05, 4.69) is 10.2 Å². The highest BCUT2D eigenvalue weighted by atomic mass is 32.2. The zero-order chi connectivity index (χ0) is 20.4. The van der Waals surface area contributed by atoms with Crippen LogP contribution in [0.3, 0.4) is 0 Å². The minimum absolute atomic E-state index is 0.369. The van der Waals surface area contributed by atoms with Crippen LogP contribution >= 0.6 is 0 Å². The summed E-state index contributed by atoms with van der Waals surface area (Å²) in [5.74, 6) is 1.08. The maximum Gasteiger partial charge on any atom is 0.271 e. The molecule has 4 rings (SSSR count). The zero-order valence-electron chi connectivity index (χ0n) is 16.6. The molecule has 0 atom stereocenters. The minimum atomic E-state index is -3.46. The van der Waals surface area contributed by atoms with Gasteiger partial charge in [0.25, 0.3) is 5.89 Å². The van der Waals surface area contributed by atoms with Gasteiger partial charge in [0.15, 0.2) is 6.54 Å². The smallest absolute Gasteiger partial charge is 0.271 e. The maximum absolute atomic E-state index is 13.0. The number of aryl methyl sites for hydroxylation is 2. The predicted octanol–water partition coefficient (Wildman–Crippen LogP) is 1.44. The number of hydrogen-bond acceptors (Lipinski definition) is 5. The fourth-order valence-corrected chi connectivity index (χ4v) is 5.01. The Morgan fingerprint density at radius 3 is 2.41 bits per heavy atom. The summed E-state index contributed by atoms with van der Waals surface area (Å²) in [6.45, 7) is 6.87. The summed E-state index contributed by atoms with van der Waals surface area (Å²) in [6.07, 6.45) is 0. The number of benzene rings is 2. The first-order valence-corrected chi connectivity index (χ1v) is 11.2. The third-order valence-corrected chi connectivity index (χ3v) is 7.33. The Bertz CT molecular complexity index is 1090. The van der Waals surface area contributed by atoms with Crippen LogP contribution in [0.25, 0.3) is 11.5 Å². The van der Waals surface area contributed by atoms with E-state index < -0.39 is 10.0 Å². The molecule has 8 heteroatoms. The Morgan fingerprint density at radius 2 is 1.72 bits per heavy atom. The van der Waals surface area contributed by atoms with E-state index >= 15 is 0 Å². The second-order valence-electron chi connectivity index (χ2n) is 7.44. The van der Waals surface area contributed by atoms with E-state index in [0.29, 0.717) is 49.4 Å². The molecule has 0 saturated carbocycles. The molecule has 1 aliphatic heterocycles. The number of quaternary nitrogens is 1. The first-order chi connectivity index (χ1) is 13.9. The SMILES string of the molecule is Cc1ccc(S(=O)(=O)N2CC[NH+](Cc3nnc(-c4ccccc4)o3)CC2)cc1C. The lowest BCUT2D eigenvalue weighted by Crippen LogP contribution is -3.13. The number of nitrogens with one attached hydrogen (secondary N) is 1. The van der Waals surface area contributed by atoms with Crippen molar-refractivity contribution in [3.63, 3.8) is 0 Å². The average molecular weight is 414 g/mol. The molecule has 1 fully saturated rings. The van der Waals surface area contributed by atoms with Gasteiger partial charge in [0.1, 0.15) is 0 Å². The standard InChI is InChI=1S/C21H24N4O3S/c1-16-8-9-19(14-17(16)2)29(26,27)25-12-10-24(11-13-25)15-20-22-23-21(28-20)18-6-4-3-5-7-18/h3-9,14H,10-13,15H2,1-2H3/p+1. The van der Waals surface area contributed by atoms with Crippen LogP contribution in [0.5, 0.6) is 0 Å². The van der Waals surface area contributed by atoms with Crippen LogP contribution in [-0.2, 0) is 16.6 Å². The summed E-state index contributed by atoms with van der Waals surface area (Å²) < 4.78 is 33.3. The molecule has 0 unspecified atom stereocenters. The van der Waals surface area contributed by atoms with Crippen LogP contribution in [-0.4, -0.2) is 49.1 Å². The van der Waals surface area contributed by atoms with Crippen molar-refractivity contribution in [3.8, 4) is 11.5 Å². The van der Waals surface area contributed by atoms with Gasteiger partial charge < -0.3 is 9.32 Å². The lowest BCUT2D eigenvalue weighted by molar-refractivity contribution is -0.918. The Kier molecular flexibility index (Phi) is 5.49. The van der Waals surface area contributed by atoms with E-state index in [9.17, 15) is 8.42 Å². The third kappa shape index (κ3) is 4.24. The van der Waals surface area contributed by atoms with Gasteiger partial charge >= 0.3 is 0 Å². The van der Waals surface area contributed by atoms with Gasteiger partial charge in [0, 0.05) is 5.56 Å². The van der Waals surface area contributed by atoms with Crippen LogP contribution in [0, 0.1) is 13.8 Å². The molecule has 1 aliphatic rings. The number of aromatic nitrogens is 2. The van der Waals surface area contributed by atoms with Gasteiger partial charge in [-0.3, -0.25) is 0 Å². The second-order valence-corrected chi connectivity index (χ2v) is 9.38. The molecule has 29 heavy (non-hydrogen) atoms. The van der Waals surface area contributed by atoms with Gasteiger partial charge in [-0.25, -0.2) is 8.42 Å². The van der Waals surface area contributed by atoms with Crippen LogP contribution in [0.15, 0.2) is 57.8 Å². The third-order valence-electron chi connectivity index (χ3n) is 5.43. The summed E-state index contributed by atoms with van der Waals surface area (Å²) in [6, 6.07) is 15.0. The average Bonchev–Trinajstić information content (AvgIpc) is 3.19. The normalized spacial score (nSPS) is 16.2. The molecule has 0 spiro atoms. The van der Waals surface area contributed by atoms with Gasteiger partial charge in [-0.05, 0) is 49.2 Å². The van der Waals surface area contributed by atoms with Crippen LogP contribution in [0.2, 0.25) is 0 Å². The Labute approximate surface area is 171 Å². The van der Waals surface area contributed by atoms with Crippen LogP contribution < -0.4 is 4.90 Å². The first-order valence-electron chi connectivity index (χ1n) is 9.72. The topological polar surface area (TPSA) is 80.7 Å². The summed E-state index contributed by atoms with van der Waals surface area (Å²) in [4.78, 5) is 1.60. The van der Waals surface area contributed by atoms with Gasteiger partial charge in [-0.2, -0.15) is 4.31 Å². The van der Waals surface area contributed by atoms with Gasteiger partial charge in [-0.15, -0.1) is 10.2 Å². The van der Waals surface area contributed by atoms with E-state index in [1.54, 1.807) is 16.4 Å². The van der Waals surface area contributed by atoms with Gasteiger partial charge in [0.05, 0.1) is 31.1 Å². The zero-order valence-corrected chi connectivity index (χ0v) is 17.4. The molecule has 2 heterocycles. The molecular weight excluding hydrogens is 388 g/mol. The molecule has 1 N–H and O–H groups in total. The molecule has 0 amide bonds. The maximum atomic E-state index is 13.0.